The maximum atomic E-state index is 13.7. The Bertz CT molecular complexity index is 2250. The van der Waals surface area contributed by atoms with Crippen molar-refractivity contribution in [3.63, 3.8) is 0 Å². The minimum absolute atomic E-state index is 0.107. The van der Waals surface area contributed by atoms with Crippen LogP contribution in [-0.2, 0) is 31.9 Å². The number of aromatic nitrogens is 4. The Morgan fingerprint density at radius 3 is 2.19 bits per heavy atom. The second kappa shape index (κ2) is 17.0. The van der Waals surface area contributed by atoms with Crippen LogP contribution in [0.15, 0.2) is 49.1 Å². The molecule has 0 spiro atoms. The van der Waals surface area contributed by atoms with Gasteiger partial charge in [-0.15, -0.1) is 6.58 Å². The Hall–Kier alpha value is -6.10. The summed E-state index contributed by atoms with van der Waals surface area (Å²) in [6.45, 7) is 8.73. The molecule has 4 aromatic rings. The summed E-state index contributed by atoms with van der Waals surface area (Å²) < 4.78 is 9.52. The van der Waals surface area contributed by atoms with Crippen LogP contribution in [0.2, 0.25) is 0 Å². The standard InChI is InChI=1S/C43H50N8O6/c1-6-10-32(47-42(54)56-4)40(52)50-21-8-13-34(50)38-44-30-20-18-27(24-33(30)46-38)16-15-26-17-19-29-28(23-26)11-7-12-31-37(29)48-39(45-31)35-14-9-22-51(35)41(53)36(25(2)3)49-43(55)57-5/h6,17-20,23-25,32,34-36H,1,7-14,21-22H2,2-5H3,(H,44,46)(H,45,48)(H,47,54)(H,49,55)/t32-,34-,35-,36-/m0/s1. The molecule has 1 aliphatic carbocycles. The summed E-state index contributed by atoms with van der Waals surface area (Å²) in [5, 5.41) is 5.35. The highest BCUT2D eigenvalue weighted by Crippen LogP contribution is 2.37. The van der Waals surface area contributed by atoms with Gasteiger partial charge in [0, 0.05) is 29.8 Å². The number of rotatable bonds is 9. The van der Waals surface area contributed by atoms with Crippen LogP contribution in [-0.4, -0.2) is 93.1 Å². The second-order valence-corrected chi connectivity index (χ2v) is 15.2. The van der Waals surface area contributed by atoms with Crippen molar-refractivity contribution in [1.82, 2.24) is 40.4 Å². The molecule has 0 bridgehead atoms. The van der Waals surface area contributed by atoms with E-state index in [1.54, 1.807) is 11.0 Å². The van der Waals surface area contributed by atoms with Gasteiger partial charge in [-0.2, -0.15) is 0 Å². The largest absolute Gasteiger partial charge is 0.453 e. The molecule has 0 radical (unpaired) electrons. The highest BCUT2D eigenvalue weighted by atomic mass is 16.5. The molecule has 2 aliphatic heterocycles. The lowest BCUT2D eigenvalue weighted by atomic mass is 9.99. The molecule has 14 nitrogen and oxygen atoms in total. The highest BCUT2D eigenvalue weighted by Gasteiger charge is 2.39. The third-order valence-corrected chi connectivity index (χ3v) is 11.2. The van der Waals surface area contributed by atoms with Crippen LogP contribution in [0.3, 0.4) is 0 Å². The Morgan fingerprint density at radius 2 is 1.51 bits per heavy atom. The number of alkyl carbamates (subject to hydrolysis) is 2. The first-order chi connectivity index (χ1) is 27.6. The molecule has 298 valence electrons. The molecule has 0 unspecified atom stereocenters. The van der Waals surface area contributed by atoms with Crippen LogP contribution in [0, 0.1) is 17.8 Å². The Kier molecular flexibility index (Phi) is 11.6. The average Bonchev–Trinajstić information content (AvgIpc) is 4.03. The quantitative estimate of drug-likeness (QED) is 0.121. The van der Waals surface area contributed by atoms with Gasteiger partial charge >= 0.3 is 12.2 Å². The zero-order valence-corrected chi connectivity index (χ0v) is 32.9. The van der Waals surface area contributed by atoms with Crippen LogP contribution < -0.4 is 10.6 Å². The molecule has 2 saturated heterocycles. The predicted molar refractivity (Wildman–Crippen MR) is 214 cm³/mol. The molecule has 2 fully saturated rings. The van der Waals surface area contributed by atoms with Crippen molar-refractivity contribution in [2.45, 2.75) is 89.4 Å². The van der Waals surface area contributed by atoms with E-state index < -0.39 is 24.3 Å². The summed E-state index contributed by atoms with van der Waals surface area (Å²) in [6.07, 6.45) is 6.49. The lowest BCUT2D eigenvalue weighted by molar-refractivity contribution is -0.135. The van der Waals surface area contributed by atoms with E-state index >= 15 is 0 Å². The fraction of sp³-hybridized carbons (Fsp3) is 0.442. The molecule has 2 aromatic carbocycles. The molecule has 4 N–H and O–H groups in total. The summed E-state index contributed by atoms with van der Waals surface area (Å²) in [7, 11) is 2.57. The van der Waals surface area contributed by atoms with Crippen molar-refractivity contribution in [1.29, 1.82) is 0 Å². The van der Waals surface area contributed by atoms with E-state index in [0.717, 1.165) is 89.9 Å². The third-order valence-electron chi connectivity index (χ3n) is 11.2. The number of benzene rings is 2. The van der Waals surface area contributed by atoms with Gasteiger partial charge in [0.1, 0.15) is 23.7 Å². The number of H-pyrrole nitrogens is 2. The smallest absolute Gasteiger partial charge is 0.407 e. The number of carbonyl (C=O) groups excluding carboxylic acids is 4. The maximum absolute atomic E-state index is 13.7. The van der Waals surface area contributed by atoms with Crippen molar-refractivity contribution in [3.8, 4) is 23.1 Å². The van der Waals surface area contributed by atoms with Gasteiger partial charge in [0.15, 0.2) is 0 Å². The Labute approximate surface area is 332 Å². The molecule has 14 heteroatoms. The van der Waals surface area contributed by atoms with E-state index in [2.05, 4.69) is 51.2 Å². The fourth-order valence-electron chi connectivity index (χ4n) is 8.27. The first-order valence-corrected chi connectivity index (χ1v) is 19.7. The Morgan fingerprint density at radius 1 is 0.860 bits per heavy atom. The van der Waals surface area contributed by atoms with E-state index in [0.29, 0.717) is 18.9 Å². The van der Waals surface area contributed by atoms with Crippen LogP contribution in [0.4, 0.5) is 9.59 Å². The van der Waals surface area contributed by atoms with Crippen LogP contribution in [0.25, 0.3) is 22.3 Å². The number of hydrogen-bond acceptors (Lipinski definition) is 8. The monoisotopic (exact) mass is 774 g/mol. The van der Waals surface area contributed by atoms with Gasteiger partial charge in [0.25, 0.3) is 0 Å². The van der Waals surface area contributed by atoms with Gasteiger partial charge in [-0.05, 0) is 93.2 Å². The number of imidazole rings is 2. The SMILES string of the molecule is C=CC[C@H](NC(=O)OC)C(=O)N1CCC[C@H]1c1nc2ccc(C#Cc3ccc4c(c3)CCCc3nc([C@@H]5CCCN5C(=O)[C@@H](NC(=O)OC)C(C)C)[nH]c3-4)cc2[nH]1. The molecular formula is C43H50N8O6. The molecule has 0 saturated carbocycles. The summed E-state index contributed by atoms with van der Waals surface area (Å²) in [4.78, 5) is 71.7. The van der Waals surface area contributed by atoms with Crippen LogP contribution in [0.1, 0.15) is 98.5 Å². The van der Waals surface area contributed by atoms with Crippen molar-refractivity contribution in [2.75, 3.05) is 27.3 Å². The number of nitrogens with zero attached hydrogens (tertiary/aromatic N) is 4. The van der Waals surface area contributed by atoms with Gasteiger partial charge in [-0.3, -0.25) is 9.59 Å². The topological polar surface area (TPSA) is 175 Å². The van der Waals surface area contributed by atoms with Gasteiger partial charge in [-0.25, -0.2) is 19.6 Å². The van der Waals surface area contributed by atoms with Gasteiger partial charge < -0.3 is 39.9 Å². The van der Waals surface area contributed by atoms with E-state index in [9.17, 15) is 19.2 Å². The van der Waals surface area contributed by atoms with Crippen molar-refractivity contribution in [3.05, 3.63) is 83.1 Å². The molecule has 4 amide bonds. The molecule has 4 heterocycles. The zero-order chi connectivity index (χ0) is 40.2. The normalized spacial score (nSPS) is 18.5. The van der Waals surface area contributed by atoms with E-state index in [1.807, 2.05) is 43.0 Å². The summed E-state index contributed by atoms with van der Waals surface area (Å²) >= 11 is 0. The predicted octanol–water partition coefficient (Wildman–Crippen LogP) is 5.85. The number of nitrogens with one attached hydrogen (secondary N) is 4. The number of likely N-dealkylation sites (tertiary alicyclic amines) is 2. The molecule has 2 aromatic heterocycles. The van der Waals surface area contributed by atoms with Crippen LogP contribution in [0.5, 0.6) is 0 Å². The Balaban J connectivity index is 1.07. The summed E-state index contributed by atoms with van der Waals surface area (Å²) in [5.74, 6) is 7.73. The first kappa shape index (κ1) is 39.1. The van der Waals surface area contributed by atoms with E-state index in [4.69, 9.17) is 19.4 Å². The molecule has 57 heavy (non-hydrogen) atoms. The number of methoxy groups -OCH3 is 2. The van der Waals surface area contributed by atoms with Crippen LogP contribution >= 0.6 is 0 Å². The molecule has 3 aliphatic rings. The highest BCUT2D eigenvalue weighted by molar-refractivity contribution is 5.87. The number of ether oxygens (including phenoxy) is 2. The lowest BCUT2D eigenvalue weighted by Crippen LogP contribution is -2.51. The molecule has 4 atom stereocenters. The van der Waals surface area contributed by atoms with E-state index in [-0.39, 0.29) is 36.2 Å². The number of aromatic amines is 2. The first-order valence-electron chi connectivity index (χ1n) is 19.7. The van der Waals surface area contributed by atoms with Gasteiger partial charge in [0.05, 0.1) is 48.7 Å². The van der Waals surface area contributed by atoms with Crippen molar-refractivity contribution >= 4 is 35.0 Å². The summed E-state index contributed by atoms with van der Waals surface area (Å²) in [6, 6.07) is 10.3. The van der Waals surface area contributed by atoms with Crippen molar-refractivity contribution < 1.29 is 28.7 Å². The number of fused-ring (bicyclic) bond motifs is 4. The third kappa shape index (κ3) is 8.24. The van der Waals surface area contributed by atoms with E-state index in [1.165, 1.54) is 19.8 Å². The number of aryl methyl sites for hydroxylation is 2. The van der Waals surface area contributed by atoms with Gasteiger partial charge in [-0.1, -0.05) is 37.8 Å². The minimum Gasteiger partial charge on any atom is -0.453 e. The van der Waals surface area contributed by atoms with Crippen molar-refractivity contribution in [2.24, 2.45) is 5.92 Å². The fourth-order valence-corrected chi connectivity index (χ4v) is 8.27. The molecular weight excluding hydrogens is 725 g/mol. The number of amides is 4. The maximum Gasteiger partial charge on any atom is 0.407 e. The average molecular weight is 775 g/mol. The second-order valence-electron chi connectivity index (χ2n) is 15.2. The summed E-state index contributed by atoms with van der Waals surface area (Å²) in [5.41, 5.74) is 7.63. The number of hydrogen-bond donors (Lipinski definition) is 4. The van der Waals surface area contributed by atoms with Gasteiger partial charge in [0.2, 0.25) is 11.8 Å². The molecule has 7 rings (SSSR count). The lowest BCUT2D eigenvalue weighted by Gasteiger charge is -2.30. The zero-order valence-electron chi connectivity index (χ0n) is 32.9. The minimum atomic E-state index is -0.768. The number of carbonyl (C=O) groups is 4.